The van der Waals surface area contributed by atoms with Crippen molar-refractivity contribution in [2.75, 3.05) is 0 Å². The summed E-state index contributed by atoms with van der Waals surface area (Å²) in [6.07, 6.45) is 0. The molecule has 1 rings (SSSR count). The van der Waals surface area contributed by atoms with E-state index in [1.54, 1.807) is 10.4 Å². The van der Waals surface area contributed by atoms with Gasteiger partial charge < -0.3 is 0 Å². The maximum atomic E-state index is 6.11. The lowest BCUT2D eigenvalue weighted by molar-refractivity contribution is 1.66. The van der Waals surface area contributed by atoms with E-state index in [0.29, 0.717) is 0 Å². The lowest BCUT2D eigenvalue weighted by Gasteiger charge is -2.28. The van der Waals surface area contributed by atoms with Gasteiger partial charge in [-0.2, -0.15) is 0 Å². The van der Waals surface area contributed by atoms with Gasteiger partial charge >= 0.3 is 0 Å². The summed E-state index contributed by atoms with van der Waals surface area (Å²) >= 11 is 6.11. The van der Waals surface area contributed by atoms with Crippen molar-refractivity contribution in [1.29, 1.82) is 0 Å². The maximum absolute atomic E-state index is 6.11. The van der Waals surface area contributed by atoms with E-state index in [0.717, 1.165) is 5.02 Å². The molecule has 0 spiro atoms. The van der Waals surface area contributed by atoms with Crippen LogP contribution in [0.25, 0.3) is 0 Å². The Morgan fingerprint density at radius 3 is 1.67 bits per heavy atom. The first-order valence-corrected chi connectivity index (χ1v) is 12.8. The minimum Gasteiger partial charge on any atom is -0.0843 e. The van der Waals surface area contributed by atoms with Crippen LogP contribution in [0, 0.1) is 0 Å². The topological polar surface area (TPSA) is 0 Å². The lowest BCUT2D eigenvalue weighted by atomic mass is 10.4. The van der Waals surface area contributed by atoms with E-state index in [1.807, 2.05) is 6.07 Å². The first kappa shape index (κ1) is 13.0. The van der Waals surface area contributed by atoms with Crippen LogP contribution in [0.2, 0.25) is 44.3 Å². The van der Waals surface area contributed by atoms with E-state index in [-0.39, 0.29) is 0 Å². The molecule has 0 nitrogen and oxygen atoms in total. The molecular weight excluding hydrogens is 236 g/mol. The van der Waals surface area contributed by atoms with Gasteiger partial charge in [0.1, 0.15) is 0 Å². The van der Waals surface area contributed by atoms with Gasteiger partial charge in [-0.05, 0) is 12.1 Å². The second kappa shape index (κ2) is 4.07. The largest absolute Gasteiger partial charge is 0.0843 e. The normalized spacial score (nSPS) is 13.0. The van der Waals surface area contributed by atoms with Crippen molar-refractivity contribution >= 4 is 38.1 Å². The number of halogens is 1. The van der Waals surface area contributed by atoms with Crippen LogP contribution in [0.15, 0.2) is 18.2 Å². The molecule has 0 N–H and O–H groups in total. The maximum Gasteiger partial charge on any atom is 0.0775 e. The molecule has 0 saturated carbocycles. The second-order valence-electron chi connectivity index (χ2n) is 6.19. The first-order valence-electron chi connectivity index (χ1n) is 5.43. The van der Waals surface area contributed by atoms with Gasteiger partial charge in [-0.3, -0.25) is 0 Å². The Labute approximate surface area is 101 Å². The number of rotatable bonds is 2. The van der Waals surface area contributed by atoms with Crippen molar-refractivity contribution in [3.63, 3.8) is 0 Å². The minimum atomic E-state index is -1.27. The second-order valence-corrected chi connectivity index (χ2v) is 16.7. The number of benzene rings is 1. The van der Waals surface area contributed by atoms with E-state index in [4.69, 9.17) is 11.6 Å². The molecule has 1 aromatic rings. The molecular formula is C12H21ClSi2. The molecule has 84 valence electrons. The van der Waals surface area contributed by atoms with Crippen LogP contribution < -0.4 is 10.4 Å². The fourth-order valence-electron chi connectivity index (χ4n) is 1.79. The van der Waals surface area contributed by atoms with Crippen LogP contribution in [-0.4, -0.2) is 16.1 Å². The number of hydrogen-bond acceptors (Lipinski definition) is 0. The third kappa shape index (κ3) is 3.20. The smallest absolute Gasteiger partial charge is 0.0775 e. The molecule has 0 fully saturated rings. The van der Waals surface area contributed by atoms with Crippen molar-refractivity contribution in [3.8, 4) is 0 Å². The predicted octanol–water partition coefficient (Wildman–Crippen LogP) is 3.43. The fraction of sp³-hybridized carbons (Fsp3) is 0.500. The molecule has 0 bridgehead atoms. The summed E-state index contributed by atoms with van der Waals surface area (Å²) in [5, 5.41) is 4.02. The highest BCUT2D eigenvalue weighted by Crippen LogP contribution is 2.12. The van der Waals surface area contributed by atoms with Crippen LogP contribution in [0.4, 0.5) is 0 Å². The van der Waals surface area contributed by atoms with Crippen LogP contribution in [0.5, 0.6) is 0 Å². The molecule has 0 unspecified atom stereocenters. The van der Waals surface area contributed by atoms with Crippen molar-refractivity contribution in [2.24, 2.45) is 0 Å². The molecule has 0 aliphatic rings. The summed E-state index contributed by atoms with van der Waals surface area (Å²) < 4.78 is 0. The van der Waals surface area contributed by atoms with E-state index in [2.05, 4.69) is 51.4 Å². The van der Waals surface area contributed by atoms with Crippen molar-refractivity contribution < 1.29 is 0 Å². The van der Waals surface area contributed by atoms with Gasteiger partial charge in [0.05, 0.1) is 16.1 Å². The van der Waals surface area contributed by atoms with Gasteiger partial charge in [0, 0.05) is 5.02 Å². The summed E-state index contributed by atoms with van der Waals surface area (Å²) in [6.45, 7) is 14.4. The summed E-state index contributed by atoms with van der Waals surface area (Å²) in [7, 11) is -2.50. The Hall–Kier alpha value is -0.0562. The zero-order chi connectivity index (χ0) is 11.9. The third-order valence-corrected chi connectivity index (χ3v) is 7.16. The predicted molar refractivity (Wildman–Crippen MR) is 77.4 cm³/mol. The van der Waals surface area contributed by atoms with Gasteiger partial charge in [0.25, 0.3) is 0 Å². The van der Waals surface area contributed by atoms with Gasteiger partial charge in [-0.25, -0.2) is 0 Å². The fourth-order valence-corrected chi connectivity index (χ4v) is 7.25. The molecule has 0 atom stereocenters. The zero-order valence-corrected chi connectivity index (χ0v) is 13.4. The Kier molecular flexibility index (Phi) is 3.53. The number of hydrogen-bond donors (Lipinski definition) is 0. The molecule has 0 aliphatic heterocycles. The van der Waals surface area contributed by atoms with E-state index < -0.39 is 16.1 Å². The SMILES string of the molecule is C[Si](C)(C)c1ccc(Cl)cc1[Si](C)(C)C. The highest BCUT2D eigenvalue weighted by Gasteiger charge is 2.27. The van der Waals surface area contributed by atoms with E-state index >= 15 is 0 Å². The minimum absolute atomic E-state index is 0.884. The van der Waals surface area contributed by atoms with Crippen LogP contribution in [0.3, 0.4) is 0 Å². The van der Waals surface area contributed by atoms with Crippen LogP contribution >= 0.6 is 11.6 Å². The molecule has 1 aromatic carbocycles. The van der Waals surface area contributed by atoms with Crippen molar-refractivity contribution in [1.82, 2.24) is 0 Å². The van der Waals surface area contributed by atoms with Crippen molar-refractivity contribution in [2.45, 2.75) is 39.3 Å². The molecule has 0 aromatic heterocycles. The summed E-state index contributed by atoms with van der Waals surface area (Å²) in [5.41, 5.74) is 0. The van der Waals surface area contributed by atoms with E-state index in [1.165, 1.54) is 0 Å². The Morgan fingerprint density at radius 1 is 0.800 bits per heavy atom. The van der Waals surface area contributed by atoms with Crippen LogP contribution in [0.1, 0.15) is 0 Å². The quantitative estimate of drug-likeness (QED) is 0.712. The zero-order valence-electron chi connectivity index (χ0n) is 10.6. The molecule has 0 amide bonds. The Balaban J connectivity index is 3.41. The highest BCUT2D eigenvalue weighted by atomic mass is 35.5. The molecule has 15 heavy (non-hydrogen) atoms. The van der Waals surface area contributed by atoms with E-state index in [9.17, 15) is 0 Å². The monoisotopic (exact) mass is 256 g/mol. The molecule has 0 heterocycles. The molecule has 0 saturated heterocycles. The van der Waals surface area contributed by atoms with Crippen LogP contribution in [-0.2, 0) is 0 Å². The average molecular weight is 257 g/mol. The third-order valence-electron chi connectivity index (χ3n) is 2.60. The molecule has 3 heteroatoms. The van der Waals surface area contributed by atoms with Gasteiger partial charge in [-0.15, -0.1) is 0 Å². The lowest BCUT2D eigenvalue weighted by Crippen LogP contribution is -2.56. The highest BCUT2D eigenvalue weighted by molar-refractivity contribution is 6.98. The molecule has 0 radical (unpaired) electrons. The summed E-state index contributed by atoms with van der Waals surface area (Å²) in [5.74, 6) is 0. The Bertz CT molecular complexity index is 359. The summed E-state index contributed by atoms with van der Waals surface area (Å²) in [6, 6.07) is 6.49. The van der Waals surface area contributed by atoms with Crippen molar-refractivity contribution in [3.05, 3.63) is 23.2 Å². The Morgan fingerprint density at radius 2 is 1.27 bits per heavy atom. The standard InChI is InChI=1S/C12H21ClSi2/c1-14(2,3)11-8-7-10(13)9-12(11)15(4,5)6/h7-9H,1-6H3. The van der Waals surface area contributed by atoms with Gasteiger partial charge in [0.2, 0.25) is 0 Å². The first-order chi connectivity index (χ1) is 6.62. The average Bonchev–Trinajstić information content (AvgIpc) is 2.00. The van der Waals surface area contributed by atoms with Gasteiger partial charge in [0.15, 0.2) is 0 Å². The summed E-state index contributed by atoms with van der Waals surface area (Å²) in [4.78, 5) is 0. The molecule has 0 aliphatic carbocycles. The van der Waals surface area contributed by atoms with Gasteiger partial charge in [-0.1, -0.05) is 67.3 Å².